The highest BCUT2D eigenvalue weighted by Crippen LogP contribution is 2.56. The van der Waals surface area contributed by atoms with Crippen molar-refractivity contribution in [2.45, 2.75) is 45.1 Å². The van der Waals surface area contributed by atoms with Gasteiger partial charge in [-0.2, -0.15) is 0 Å². The molecule has 2 amide bonds. The van der Waals surface area contributed by atoms with Crippen LogP contribution in [0.4, 0.5) is 0 Å². The lowest BCUT2D eigenvalue weighted by atomic mass is 9.51. The Kier molecular flexibility index (Phi) is 2.83. The van der Waals surface area contributed by atoms with Crippen LogP contribution in [-0.4, -0.2) is 17.9 Å². The van der Waals surface area contributed by atoms with Crippen LogP contribution in [0, 0.1) is 29.6 Å². The second kappa shape index (κ2) is 4.25. The van der Waals surface area contributed by atoms with Crippen LogP contribution in [0.3, 0.4) is 0 Å². The zero-order valence-corrected chi connectivity index (χ0v) is 10.9. The molecule has 1 unspecified atom stereocenters. The number of nitrogens with two attached hydrogens (primary N) is 1. The molecule has 4 fully saturated rings. The summed E-state index contributed by atoms with van der Waals surface area (Å²) in [6.07, 6.45) is 6.26. The highest BCUT2D eigenvalue weighted by molar-refractivity contribution is 5.87. The molecule has 4 aliphatic rings. The molecule has 0 saturated heterocycles. The molecule has 4 heteroatoms. The van der Waals surface area contributed by atoms with E-state index in [0.717, 1.165) is 11.8 Å². The average molecular weight is 250 g/mol. The Balaban J connectivity index is 1.69. The standard InChI is InChI=1S/C14H22N2O2/c1-7(13(15)17)16-14(18)12-10-3-8-2-9(5-10)6-11(12)4-8/h7-12H,2-6H2,1H3,(H2,15,17)(H,16,18). The molecule has 4 bridgehead atoms. The number of hydrogen-bond acceptors (Lipinski definition) is 2. The first-order valence-corrected chi connectivity index (χ1v) is 7.14. The first-order valence-electron chi connectivity index (χ1n) is 7.14. The predicted octanol–water partition coefficient (Wildman–Crippen LogP) is 1.05. The fourth-order valence-corrected chi connectivity index (χ4v) is 4.73. The first-order chi connectivity index (χ1) is 8.54. The molecule has 4 aliphatic carbocycles. The van der Waals surface area contributed by atoms with E-state index in [9.17, 15) is 9.59 Å². The van der Waals surface area contributed by atoms with E-state index in [-0.39, 0.29) is 11.8 Å². The van der Waals surface area contributed by atoms with Gasteiger partial charge in [0.05, 0.1) is 0 Å². The minimum atomic E-state index is -0.547. The van der Waals surface area contributed by atoms with Gasteiger partial charge in [-0.3, -0.25) is 9.59 Å². The number of carbonyl (C=O) groups excluding carboxylic acids is 2. The monoisotopic (exact) mass is 250 g/mol. The van der Waals surface area contributed by atoms with Gasteiger partial charge in [0.25, 0.3) is 0 Å². The summed E-state index contributed by atoms with van der Waals surface area (Å²) in [4.78, 5) is 23.4. The molecule has 4 saturated carbocycles. The van der Waals surface area contributed by atoms with E-state index in [1.807, 2.05) is 0 Å². The molecular formula is C14H22N2O2. The topological polar surface area (TPSA) is 72.2 Å². The summed E-state index contributed by atoms with van der Waals surface area (Å²) in [7, 11) is 0. The minimum Gasteiger partial charge on any atom is -0.368 e. The van der Waals surface area contributed by atoms with Crippen molar-refractivity contribution in [1.82, 2.24) is 5.32 Å². The average Bonchev–Trinajstić information content (AvgIpc) is 2.26. The number of nitrogens with one attached hydrogen (secondary N) is 1. The van der Waals surface area contributed by atoms with Crippen molar-refractivity contribution in [3.05, 3.63) is 0 Å². The van der Waals surface area contributed by atoms with Crippen LogP contribution in [-0.2, 0) is 9.59 Å². The molecule has 0 aromatic carbocycles. The molecule has 4 nitrogen and oxygen atoms in total. The Labute approximate surface area is 108 Å². The number of primary amides is 1. The van der Waals surface area contributed by atoms with Crippen LogP contribution in [0.1, 0.15) is 39.0 Å². The quantitative estimate of drug-likeness (QED) is 0.785. The third-order valence-electron chi connectivity index (χ3n) is 5.32. The van der Waals surface area contributed by atoms with Crippen molar-refractivity contribution in [1.29, 1.82) is 0 Å². The highest BCUT2D eigenvalue weighted by Gasteiger charge is 2.50. The maximum atomic E-state index is 12.3. The van der Waals surface area contributed by atoms with Crippen molar-refractivity contribution < 1.29 is 9.59 Å². The molecule has 3 N–H and O–H groups in total. The second-order valence-corrected chi connectivity index (χ2v) is 6.59. The Morgan fingerprint density at radius 2 is 1.56 bits per heavy atom. The van der Waals surface area contributed by atoms with Crippen LogP contribution in [0.15, 0.2) is 0 Å². The molecule has 0 spiro atoms. The van der Waals surface area contributed by atoms with Crippen molar-refractivity contribution >= 4 is 11.8 Å². The van der Waals surface area contributed by atoms with Gasteiger partial charge in [-0.05, 0) is 62.7 Å². The van der Waals surface area contributed by atoms with Gasteiger partial charge in [-0.1, -0.05) is 0 Å². The van der Waals surface area contributed by atoms with Crippen LogP contribution in [0.25, 0.3) is 0 Å². The lowest BCUT2D eigenvalue weighted by Gasteiger charge is -2.53. The molecule has 18 heavy (non-hydrogen) atoms. The molecule has 100 valence electrons. The maximum Gasteiger partial charge on any atom is 0.239 e. The SMILES string of the molecule is CC(NC(=O)C1C2CC3CC(C2)CC1C3)C(N)=O. The molecular weight excluding hydrogens is 228 g/mol. The van der Waals surface area contributed by atoms with Gasteiger partial charge in [0.15, 0.2) is 0 Å². The smallest absolute Gasteiger partial charge is 0.239 e. The van der Waals surface area contributed by atoms with E-state index in [4.69, 9.17) is 5.73 Å². The largest absolute Gasteiger partial charge is 0.368 e. The van der Waals surface area contributed by atoms with E-state index in [0.29, 0.717) is 11.8 Å². The Hall–Kier alpha value is -1.06. The predicted molar refractivity (Wildman–Crippen MR) is 67.3 cm³/mol. The lowest BCUT2D eigenvalue weighted by Crippen LogP contribution is -2.53. The Morgan fingerprint density at radius 3 is 2.00 bits per heavy atom. The summed E-state index contributed by atoms with van der Waals surface area (Å²) >= 11 is 0. The third-order valence-corrected chi connectivity index (χ3v) is 5.32. The molecule has 4 rings (SSSR count). The van der Waals surface area contributed by atoms with E-state index in [2.05, 4.69) is 5.32 Å². The molecule has 1 atom stereocenters. The van der Waals surface area contributed by atoms with Crippen molar-refractivity contribution in [2.24, 2.45) is 35.3 Å². The summed E-state index contributed by atoms with van der Waals surface area (Å²) in [5.41, 5.74) is 5.21. The van der Waals surface area contributed by atoms with Crippen LogP contribution in [0.2, 0.25) is 0 Å². The Bertz CT molecular complexity index is 352. The summed E-state index contributed by atoms with van der Waals surface area (Å²) in [6.45, 7) is 1.66. The summed E-state index contributed by atoms with van der Waals surface area (Å²) in [5, 5.41) is 2.79. The molecule has 0 aromatic heterocycles. The zero-order valence-electron chi connectivity index (χ0n) is 10.9. The number of rotatable bonds is 3. The highest BCUT2D eigenvalue weighted by atomic mass is 16.2. The first kappa shape index (κ1) is 12.0. The fraction of sp³-hybridized carbons (Fsp3) is 0.857. The van der Waals surface area contributed by atoms with Crippen LogP contribution < -0.4 is 11.1 Å². The summed E-state index contributed by atoms with van der Waals surface area (Å²) < 4.78 is 0. The van der Waals surface area contributed by atoms with E-state index >= 15 is 0 Å². The fourth-order valence-electron chi connectivity index (χ4n) is 4.73. The Morgan fingerprint density at radius 1 is 1.06 bits per heavy atom. The zero-order chi connectivity index (χ0) is 12.9. The minimum absolute atomic E-state index is 0.0649. The molecule has 0 radical (unpaired) electrons. The van der Waals surface area contributed by atoms with Gasteiger partial charge in [0, 0.05) is 5.92 Å². The lowest BCUT2D eigenvalue weighted by molar-refractivity contribution is -0.140. The van der Waals surface area contributed by atoms with Gasteiger partial charge < -0.3 is 11.1 Å². The third kappa shape index (κ3) is 1.91. The number of hydrogen-bond donors (Lipinski definition) is 2. The molecule has 0 aliphatic heterocycles. The van der Waals surface area contributed by atoms with Crippen LogP contribution >= 0.6 is 0 Å². The number of amides is 2. The van der Waals surface area contributed by atoms with Crippen LogP contribution in [0.5, 0.6) is 0 Å². The van der Waals surface area contributed by atoms with Gasteiger partial charge in [-0.15, -0.1) is 0 Å². The van der Waals surface area contributed by atoms with Gasteiger partial charge in [0.1, 0.15) is 6.04 Å². The van der Waals surface area contributed by atoms with Gasteiger partial charge in [-0.25, -0.2) is 0 Å². The van der Waals surface area contributed by atoms with Gasteiger partial charge >= 0.3 is 0 Å². The number of carbonyl (C=O) groups is 2. The second-order valence-electron chi connectivity index (χ2n) is 6.59. The normalized spacial score (nSPS) is 42.6. The molecule has 0 aromatic rings. The van der Waals surface area contributed by atoms with Crippen molar-refractivity contribution in [3.63, 3.8) is 0 Å². The summed E-state index contributed by atoms with van der Waals surface area (Å²) in [5.74, 6) is 2.60. The van der Waals surface area contributed by atoms with Crippen molar-refractivity contribution in [2.75, 3.05) is 0 Å². The summed E-state index contributed by atoms with van der Waals surface area (Å²) in [6, 6.07) is -0.547. The van der Waals surface area contributed by atoms with E-state index in [1.165, 1.54) is 32.1 Å². The van der Waals surface area contributed by atoms with E-state index in [1.54, 1.807) is 6.92 Å². The van der Waals surface area contributed by atoms with Gasteiger partial charge in [0.2, 0.25) is 11.8 Å². The maximum absolute atomic E-state index is 12.3. The van der Waals surface area contributed by atoms with E-state index < -0.39 is 11.9 Å². The van der Waals surface area contributed by atoms with Crippen molar-refractivity contribution in [3.8, 4) is 0 Å². The molecule has 0 heterocycles.